The molecule has 1 aliphatic heterocycles. The molecule has 0 aromatic heterocycles. The molecule has 94 valence electrons. The van der Waals surface area contributed by atoms with Gasteiger partial charge in [0.2, 0.25) is 0 Å². The Hall–Kier alpha value is -0.750. The molecular formula is C11H11F4NS. The molecule has 2 atom stereocenters. The number of alkyl halides is 3. The first kappa shape index (κ1) is 12.7. The van der Waals surface area contributed by atoms with Gasteiger partial charge in [-0.25, -0.2) is 4.39 Å². The van der Waals surface area contributed by atoms with Crippen molar-refractivity contribution < 1.29 is 17.6 Å². The van der Waals surface area contributed by atoms with Gasteiger partial charge in [-0.05, 0) is 23.8 Å². The van der Waals surface area contributed by atoms with E-state index in [1.807, 2.05) is 6.92 Å². The van der Waals surface area contributed by atoms with Crippen molar-refractivity contribution in [1.82, 2.24) is 5.32 Å². The number of nitrogens with one attached hydrogen (secondary N) is 1. The summed E-state index contributed by atoms with van der Waals surface area (Å²) in [6, 6.07) is 2.68. The second-order valence-electron chi connectivity index (χ2n) is 4.01. The van der Waals surface area contributed by atoms with E-state index in [4.69, 9.17) is 0 Å². The van der Waals surface area contributed by atoms with Crippen molar-refractivity contribution in [2.24, 2.45) is 0 Å². The van der Waals surface area contributed by atoms with Crippen molar-refractivity contribution in [1.29, 1.82) is 0 Å². The SMILES string of the molecule is CC1CNC(c2cc(F)cc(C(F)(F)F)c2)S1. The molecule has 2 unspecified atom stereocenters. The zero-order chi connectivity index (χ0) is 12.6. The van der Waals surface area contributed by atoms with E-state index in [1.165, 1.54) is 11.8 Å². The topological polar surface area (TPSA) is 12.0 Å². The second-order valence-corrected chi connectivity index (χ2v) is 5.55. The van der Waals surface area contributed by atoms with Crippen LogP contribution in [-0.4, -0.2) is 11.8 Å². The fourth-order valence-electron chi connectivity index (χ4n) is 1.73. The van der Waals surface area contributed by atoms with Crippen molar-refractivity contribution in [3.63, 3.8) is 0 Å². The highest BCUT2D eigenvalue weighted by molar-refractivity contribution is 8.00. The van der Waals surface area contributed by atoms with Gasteiger partial charge in [-0.2, -0.15) is 13.2 Å². The molecule has 17 heavy (non-hydrogen) atoms. The van der Waals surface area contributed by atoms with E-state index in [1.54, 1.807) is 0 Å². The molecule has 2 rings (SSSR count). The molecule has 1 N–H and O–H groups in total. The third kappa shape index (κ3) is 2.93. The first-order valence-electron chi connectivity index (χ1n) is 5.13. The molecule has 0 bridgehead atoms. The van der Waals surface area contributed by atoms with Gasteiger partial charge in [0.25, 0.3) is 0 Å². The Kier molecular flexibility index (Phi) is 3.36. The summed E-state index contributed by atoms with van der Waals surface area (Å²) >= 11 is 1.50. The van der Waals surface area contributed by atoms with Gasteiger partial charge in [-0.1, -0.05) is 6.92 Å². The lowest BCUT2D eigenvalue weighted by molar-refractivity contribution is -0.137. The summed E-state index contributed by atoms with van der Waals surface area (Å²) in [5, 5.41) is 3.11. The van der Waals surface area contributed by atoms with E-state index >= 15 is 0 Å². The number of halogens is 4. The predicted octanol–water partition coefficient (Wildman–Crippen LogP) is 3.57. The molecule has 1 fully saturated rings. The summed E-state index contributed by atoms with van der Waals surface area (Å²) in [6.07, 6.45) is -4.51. The number of benzene rings is 1. The van der Waals surface area contributed by atoms with Gasteiger partial charge in [-0.3, -0.25) is 0 Å². The first-order chi connectivity index (χ1) is 7.86. The number of rotatable bonds is 1. The van der Waals surface area contributed by atoms with Crippen molar-refractivity contribution in [2.75, 3.05) is 6.54 Å². The smallest absolute Gasteiger partial charge is 0.301 e. The second kappa shape index (κ2) is 4.49. The molecule has 0 amide bonds. The standard InChI is InChI=1S/C11H11F4NS/c1-6-5-16-10(17-6)7-2-8(11(13,14)15)4-9(12)3-7/h2-4,6,10,16H,5H2,1H3. The van der Waals surface area contributed by atoms with Crippen LogP contribution in [0.25, 0.3) is 0 Å². The van der Waals surface area contributed by atoms with Crippen molar-refractivity contribution in [3.05, 3.63) is 35.1 Å². The van der Waals surface area contributed by atoms with E-state index in [0.29, 0.717) is 23.4 Å². The summed E-state index contributed by atoms with van der Waals surface area (Å²) in [7, 11) is 0. The Morgan fingerprint density at radius 1 is 1.29 bits per heavy atom. The zero-order valence-corrected chi connectivity index (χ0v) is 9.83. The molecule has 6 heteroatoms. The molecule has 0 radical (unpaired) electrons. The lowest BCUT2D eigenvalue weighted by Crippen LogP contribution is -2.15. The molecule has 1 saturated heterocycles. The Morgan fingerprint density at radius 3 is 2.53 bits per heavy atom. The van der Waals surface area contributed by atoms with Gasteiger partial charge in [0.05, 0.1) is 10.9 Å². The van der Waals surface area contributed by atoms with Gasteiger partial charge < -0.3 is 5.32 Å². The molecule has 1 nitrogen and oxygen atoms in total. The first-order valence-corrected chi connectivity index (χ1v) is 6.07. The van der Waals surface area contributed by atoms with Crippen LogP contribution < -0.4 is 5.32 Å². The summed E-state index contributed by atoms with van der Waals surface area (Å²) < 4.78 is 50.7. The molecule has 1 aliphatic rings. The maximum Gasteiger partial charge on any atom is 0.416 e. The van der Waals surface area contributed by atoms with Crippen LogP contribution in [0, 0.1) is 5.82 Å². The quantitative estimate of drug-likeness (QED) is 0.779. The van der Waals surface area contributed by atoms with E-state index in [2.05, 4.69) is 5.32 Å². The lowest BCUT2D eigenvalue weighted by atomic mass is 10.1. The van der Waals surface area contributed by atoms with Crippen LogP contribution in [0.4, 0.5) is 17.6 Å². The third-order valence-corrected chi connectivity index (χ3v) is 3.85. The monoisotopic (exact) mass is 265 g/mol. The minimum Gasteiger partial charge on any atom is -0.301 e. The molecule has 1 heterocycles. The van der Waals surface area contributed by atoms with Crippen molar-refractivity contribution in [3.8, 4) is 0 Å². The van der Waals surface area contributed by atoms with Gasteiger partial charge in [-0.15, -0.1) is 11.8 Å². The summed E-state index contributed by atoms with van der Waals surface area (Å²) in [5.74, 6) is -0.850. The van der Waals surface area contributed by atoms with Crippen LogP contribution >= 0.6 is 11.8 Å². The average Bonchev–Trinajstić information content (AvgIpc) is 2.62. The summed E-state index contributed by atoms with van der Waals surface area (Å²) in [4.78, 5) is 0. The number of hydrogen-bond acceptors (Lipinski definition) is 2. The van der Waals surface area contributed by atoms with Crippen LogP contribution in [0.15, 0.2) is 18.2 Å². The van der Waals surface area contributed by atoms with E-state index in [9.17, 15) is 17.6 Å². The zero-order valence-electron chi connectivity index (χ0n) is 9.01. The van der Waals surface area contributed by atoms with Crippen LogP contribution in [0.5, 0.6) is 0 Å². The maximum atomic E-state index is 13.2. The van der Waals surface area contributed by atoms with Gasteiger partial charge in [0.1, 0.15) is 5.82 Å². The summed E-state index contributed by atoms with van der Waals surface area (Å²) in [6.45, 7) is 2.69. The Labute approximate surface area is 101 Å². The average molecular weight is 265 g/mol. The van der Waals surface area contributed by atoms with Gasteiger partial charge in [0, 0.05) is 11.8 Å². The fraction of sp³-hybridized carbons (Fsp3) is 0.455. The highest BCUT2D eigenvalue weighted by Crippen LogP contribution is 2.38. The van der Waals surface area contributed by atoms with Gasteiger partial charge >= 0.3 is 6.18 Å². The van der Waals surface area contributed by atoms with Crippen LogP contribution in [0.3, 0.4) is 0 Å². The van der Waals surface area contributed by atoms with E-state index in [-0.39, 0.29) is 5.37 Å². The lowest BCUT2D eigenvalue weighted by Gasteiger charge is -2.13. The molecule has 0 aliphatic carbocycles. The van der Waals surface area contributed by atoms with E-state index in [0.717, 1.165) is 12.1 Å². The highest BCUT2D eigenvalue weighted by Gasteiger charge is 2.33. The highest BCUT2D eigenvalue weighted by atomic mass is 32.2. The largest absolute Gasteiger partial charge is 0.416 e. The summed E-state index contributed by atoms with van der Waals surface area (Å²) in [5.41, 5.74) is -0.596. The van der Waals surface area contributed by atoms with Crippen LogP contribution in [0.2, 0.25) is 0 Å². The minimum absolute atomic E-state index is 0.262. The maximum absolute atomic E-state index is 13.2. The minimum atomic E-state index is -4.51. The Bertz CT molecular complexity index is 418. The van der Waals surface area contributed by atoms with Crippen molar-refractivity contribution >= 4 is 11.8 Å². The normalized spacial score (nSPS) is 25.2. The number of thioether (sulfide) groups is 1. The van der Waals surface area contributed by atoms with E-state index < -0.39 is 17.6 Å². The molecular weight excluding hydrogens is 254 g/mol. The molecule has 0 spiro atoms. The third-order valence-electron chi connectivity index (χ3n) is 2.51. The van der Waals surface area contributed by atoms with Crippen LogP contribution in [0.1, 0.15) is 23.4 Å². The predicted molar refractivity (Wildman–Crippen MR) is 59.2 cm³/mol. The van der Waals surface area contributed by atoms with Crippen LogP contribution in [-0.2, 0) is 6.18 Å². The van der Waals surface area contributed by atoms with Gasteiger partial charge in [0.15, 0.2) is 0 Å². The Morgan fingerprint density at radius 2 is 2.00 bits per heavy atom. The molecule has 0 saturated carbocycles. The molecule has 1 aromatic rings. The molecule has 1 aromatic carbocycles. The fourth-order valence-corrected chi connectivity index (χ4v) is 2.87. The number of hydrogen-bond donors (Lipinski definition) is 1. The Balaban J connectivity index is 2.32. The van der Waals surface area contributed by atoms with Crippen molar-refractivity contribution in [2.45, 2.75) is 23.7 Å².